The monoisotopic (exact) mass is 358 g/mol. The molecular formula is C18H22N4O2S. The van der Waals surface area contributed by atoms with Crippen LogP contribution in [0.15, 0.2) is 36.0 Å². The summed E-state index contributed by atoms with van der Waals surface area (Å²) in [6, 6.07) is 5.46. The standard InChI is InChI=1S/C18H22N4O2S/c23-17(15-3-1-2-6-19-15)22-8-4-18(5-9-22)14-21(10-11-24-18)13-16-20-7-12-25-16/h1-3,6-7,12H,4-5,8-11,13-14H2. The van der Waals surface area contributed by atoms with Crippen molar-refractivity contribution in [1.29, 1.82) is 0 Å². The molecule has 4 rings (SSSR count). The summed E-state index contributed by atoms with van der Waals surface area (Å²) in [4.78, 5) is 25.4. The molecule has 2 aliphatic heterocycles. The lowest BCUT2D eigenvalue weighted by Crippen LogP contribution is -2.57. The number of likely N-dealkylation sites (tertiary alicyclic amines) is 1. The first-order valence-corrected chi connectivity index (χ1v) is 9.57. The van der Waals surface area contributed by atoms with Crippen LogP contribution in [-0.2, 0) is 11.3 Å². The summed E-state index contributed by atoms with van der Waals surface area (Å²) < 4.78 is 6.18. The van der Waals surface area contributed by atoms with Crippen LogP contribution in [0.2, 0.25) is 0 Å². The third-order valence-electron chi connectivity index (χ3n) is 5.02. The molecule has 0 aromatic carbocycles. The van der Waals surface area contributed by atoms with Crippen molar-refractivity contribution in [2.24, 2.45) is 0 Å². The lowest BCUT2D eigenvalue weighted by atomic mass is 9.89. The summed E-state index contributed by atoms with van der Waals surface area (Å²) in [7, 11) is 0. The van der Waals surface area contributed by atoms with E-state index in [1.165, 1.54) is 0 Å². The predicted molar refractivity (Wildman–Crippen MR) is 95.4 cm³/mol. The van der Waals surface area contributed by atoms with Crippen LogP contribution in [0.4, 0.5) is 0 Å². The minimum Gasteiger partial charge on any atom is -0.372 e. The highest BCUT2D eigenvalue weighted by molar-refractivity contribution is 7.09. The fourth-order valence-corrected chi connectivity index (χ4v) is 4.31. The largest absolute Gasteiger partial charge is 0.372 e. The SMILES string of the molecule is O=C(c1ccccn1)N1CCC2(CC1)CN(Cc1nccs1)CCO2. The van der Waals surface area contributed by atoms with E-state index in [-0.39, 0.29) is 11.5 Å². The molecule has 6 nitrogen and oxygen atoms in total. The molecule has 2 aromatic heterocycles. The summed E-state index contributed by atoms with van der Waals surface area (Å²) in [6.45, 7) is 4.94. The number of piperidine rings is 1. The molecule has 2 aromatic rings. The first kappa shape index (κ1) is 16.6. The lowest BCUT2D eigenvalue weighted by molar-refractivity contribution is -0.134. The van der Waals surface area contributed by atoms with Gasteiger partial charge in [0.15, 0.2) is 0 Å². The maximum absolute atomic E-state index is 12.6. The Morgan fingerprint density at radius 2 is 2.08 bits per heavy atom. The van der Waals surface area contributed by atoms with Gasteiger partial charge < -0.3 is 9.64 Å². The summed E-state index contributed by atoms with van der Waals surface area (Å²) in [5.74, 6) is 0.0194. The molecule has 0 saturated carbocycles. The Kier molecular flexibility index (Phi) is 4.78. The summed E-state index contributed by atoms with van der Waals surface area (Å²) >= 11 is 1.70. The van der Waals surface area contributed by atoms with Gasteiger partial charge in [-0.1, -0.05) is 6.07 Å². The quantitative estimate of drug-likeness (QED) is 0.840. The maximum atomic E-state index is 12.6. The van der Waals surface area contributed by atoms with Crippen LogP contribution >= 0.6 is 11.3 Å². The normalized spacial score (nSPS) is 20.7. The van der Waals surface area contributed by atoms with E-state index in [0.29, 0.717) is 5.69 Å². The number of carbonyl (C=O) groups is 1. The zero-order chi connectivity index (χ0) is 17.1. The number of rotatable bonds is 3. The van der Waals surface area contributed by atoms with E-state index in [2.05, 4.69) is 14.9 Å². The third kappa shape index (κ3) is 3.73. The van der Waals surface area contributed by atoms with Crippen LogP contribution in [0.5, 0.6) is 0 Å². The molecule has 4 heterocycles. The van der Waals surface area contributed by atoms with Crippen molar-refractivity contribution >= 4 is 17.2 Å². The number of aromatic nitrogens is 2. The van der Waals surface area contributed by atoms with E-state index in [1.54, 1.807) is 23.6 Å². The molecule has 0 bridgehead atoms. The maximum Gasteiger partial charge on any atom is 0.272 e. The minimum absolute atomic E-state index is 0.0194. The van der Waals surface area contributed by atoms with Gasteiger partial charge in [-0.25, -0.2) is 4.98 Å². The summed E-state index contributed by atoms with van der Waals surface area (Å²) in [6.07, 6.45) is 5.28. The number of thiazole rings is 1. The van der Waals surface area contributed by atoms with Crippen molar-refractivity contribution in [3.8, 4) is 0 Å². The van der Waals surface area contributed by atoms with Crippen LogP contribution in [0, 0.1) is 0 Å². The van der Waals surface area contributed by atoms with Gasteiger partial charge in [0.2, 0.25) is 0 Å². The van der Waals surface area contributed by atoms with Crippen LogP contribution in [0.3, 0.4) is 0 Å². The van der Waals surface area contributed by atoms with Gasteiger partial charge in [-0.2, -0.15) is 0 Å². The number of amides is 1. The zero-order valence-corrected chi connectivity index (χ0v) is 15.0. The van der Waals surface area contributed by atoms with E-state index >= 15 is 0 Å². The van der Waals surface area contributed by atoms with Gasteiger partial charge in [0.25, 0.3) is 5.91 Å². The Hall–Kier alpha value is -1.83. The highest BCUT2D eigenvalue weighted by Crippen LogP contribution is 2.31. The molecule has 0 radical (unpaired) electrons. The lowest BCUT2D eigenvalue weighted by Gasteiger charge is -2.47. The van der Waals surface area contributed by atoms with E-state index in [0.717, 1.165) is 57.2 Å². The van der Waals surface area contributed by atoms with Crippen LogP contribution < -0.4 is 0 Å². The molecular weight excluding hydrogens is 336 g/mol. The van der Waals surface area contributed by atoms with E-state index in [1.807, 2.05) is 28.6 Å². The number of carbonyl (C=O) groups excluding carboxylic acids is 1. The Bertz CT molecular complexity index is 699. The van der Waals surface area contributed by atoms with Gasteiger partial charge in [-0.3, -0.25) is 14.7 Å². The smallest absolute Gasteiger partial charge is 0.272 e. The van der Waals surface area contributed by atoms with Gasteiger partial charge in [0.1, 0.15) is 10.7 Å². The fraction of sp³-hybridized carbons (Fsp3) is 0.500. The molecule has 1 amide bonds. The molecule has 0 unspecified atom stereocenters. The van der Waals surface area contributed by atoms with Crippen molar-refractivity contribution in [1.82, 2.24) is 19.8 Å². The average molecular weight is 358 g/mol. The molecule has 2 saturated heterocycles. The van der Waals surface area contributed by atoms with Crippen molar-refractivity contribution in [3.05, 3.63) is 46.7 Å². The second-order valence-electron chi connectivity index (χ2n) is 6.68. The van der Waals surface area contributed by atoms with Crippen molar-refractivity contribution in [3.63, 3.8) is 0 Å². The zero-order valence-electron chi connectivity index (χ0n) is 14.1. The molecule has 25 heavy (non-hydrogen) atoms. The Morgan fingerprint density at radius 3 is 2.80 bits per heavy atom. The number of ether oxygens (including phenoxy) is 1. The second-order valence-corrected chi connectivity index (χ2v) is 7.65. The first-order valence-electron chi connectivity index (χ1n) is 8.69. The number of hydrogen-bond acceptors (Lipinski definition) is 6. The molecule has 7 heteroatoms. The summed E-state index contributed by atoms with van der Waals surface area (Å²) in [5, 5.41) is 3.17. The average Bonchev–Trinajstić information content (AvgIpc) is 3.16. The van der Waals surface area contributed by atoms with Crippen molar-refractivity contribution in [2.75, 3.05) is 32.8 Å². The topological polar surface area (TPSA) is 58.6 Å². The molecule has 132 valence electrons. The van der Waals surface area contributed by atoms with Crippen LogP contribution in [-0.4, -0.2) is 64.1 Å². The van der Waals surface area contributed by atoms with Gasteiger partial charge >= 0.3 is 0 Å². The van der Waals surface area contributed by atoms with Crippen molar-refractivity contribution < 1.29 is 9.53 Å². The van der Waals surface area contributed by atoms with Gasteiger partial charge in [-0.15, -0.1) is 11.3 Å². The number of nitrogens with zero attached hydrogens (tertiary/aromatic N) is 4. The fourth-order valence-electron chi connectivity index (χ4n) is 3.65. The van der Waals surface area contributed by atoms with E-state index in [9.17, 15) is 4.79 Å². The van der Waals surface area contributed by atoms with E-state index < -0.39 is 0 Å². The van der Waals surface area contributed by atoms with Crippen LogP contribution in [0.1, 0.15) is 28.3 Å². The van der Waals surface area contributed by atoms with Gasteiger partial charge in [-0.05, 0) is 25.0 Å². The highest BCUT2D eigenvalue weighted by Gasteiger charge is 2.40. The molecule has 0 N–H and O–H groups in total. The Labute approximate surface area is 151 Å². The molecule has 2 fully saturated rings. The molecule has 1 spiro atoms. The number of hydrogen-bond donors (Lipinski definition) is 0. The molecule has 0 atom stereocenters. The Balaban J connectivity index is 1.36. The number of morpholine rings is 1. The van der Waals surface area contributed by atoms with Gasteiger partial charge in [0.05, 0.1) is 18.8 Å². The molecule has 0 aliphatic carbocycles. The summed E-state index contributed by atoms with van der Waals surface area (Å²) in [5.41, 5.74) is 0.393. The van der Waals surface area contributed by atoms with Crippen LogP contribution in [0.25, 0.3) is 0 Å². The third-order valence-corrected chi connectivity index (χ3v) is 5.78. The van der Waals surface area contributed by atoms with Gasteiger partial charge in [0, 0.05) is 44.0 Å². The Morgan fingerprint density at radius 1 is 1.20 bits per heavy atom. The minimum atomic E-state index is -0.129. The van der Waals surface area contributed by atoms with E-state index in [4.69, 9.17) is 4.74 Å². The predicted octanol–water partition coefficient (Wildman–Crippen LogP) is 2.05. The highest BCUT2D eigenvalue weighted by atomic mass is 32.1. The number of pyridine rings is 1. The van der Waals surface area contributed by atoms with Crippen molar-refractivity contribution in [2.45, 2.75) is 25.0 Å². The molecule has 2 aliphatic rings. The second kappa shape index (κ2) is 7.19. The first-order chi connectivity index (χ1) is 12.2.